The third-order valence-corrected chi connectivity index (χ3v) is 3.41. The van der Waals surface area contributed by atoms with Crippen molar-refractivity contribution in [3.05, 3.63) is 21.6 Å². The zero-order valence-electron chi connectivity index (χ0n) is 12.2. The van der Waals surface area contributed by atoms with Crippen LogP contribution in [0, 0.1) is 12.3 Å². The molecule has 0 aliphatic heterocycles. The van der Waals surface area contributed by atoms with Crippen molar-refractivity contribution in [2.75, 3.05) is 5.32 Å². The molecule has 0 aliphatic rings. The van der Waals surface area contributed by atoms with Gasteiger partial charge in [-0.3, -0.25) is 4.79 Å². The fourth-order valence-electron chi connectivity index (χ4n) is 1.99. The highest BCUT2D eigenvalue weighted by Gasteiger charge is 2.12. The fourth-order valence-corrected chi connectivity index (χ4v) is 2.17. The second-order valence-electron chi connectivity index (χ2n) is 4.93. The van der Waals surface area contributed by atoms with E-state index in [0.717, 1.165) is 12.8 Å². The van der Waals surface area contributed by atoms with Crippen molar-refractivity contribution in [1.82, 2.24) is 9.78 Å². The van der Waals surface area contributed by atoms with Crippen molar-refractivity contribution < 1.29 is 0 Å². The number of hydrogen-bond acceptors (Lipinski definition) is 3. The molecule has 0 bridgehead atoms. The van der Waals surface area contributed by atoms with Crippen LogP contribution in [0.3, 0.4) is 0 Å². The third kappa shape index (κ3) is 4.90. The van der Waals surface area contributed by atoms with Crippen LogP contribution >= 0.6 is 11.6 Å². The molecule has 1 aromatic heterocycles. The van der Waals surface area contributed by atoms with Crippen LogP contribution in [0.15, 0.2) is 11.0 Å². The predicted molar refractivity (Wildman–Crippen MR) is 84.2 cm³/mol. The molecule has 5 heteroatoms. The van der Waals surface area contributed by atoms with E-state index in [1.165, 1.54) is 30.1 Å². The SMILES string of the molecule is C#CCn1ncc(Cl)c(NC(C)CCCCCC)c1=O. The number of hydrogen-bond donors (Lipinski definition) is 1. The minimum absolute atomic E-state index is 0.148. The molecule has 0 saturated carbocycles. The Morgan fingerprint density at radius 2 is 2.25 bits per heavy atom. The first-order chi connectivity index (χ1) is 9.60. The minimum Gasteiger partial charge on any atom is -0.377 e. The number of halogens is 1. The molecule has 110 valence electrons. The average Bonchev–Trinajstić information content (AvgIpc) is 2.43. The van der Waals surface area contributed by atoms with Crippen molar-refractivity contribution in [3.8, 4) is 12.3 Å². The molecule has 1 rings (SSSR count). The Hall–Kier alpha value is -1.47. The van der Waals surface area contributed by atoms with Crippen LogP contribution in [-0.4, -0.2) is 15.8 Å². The summed E-state index contributed by atoms with van der Waals surface area (Å²) in [4.78, 5) is 12.1. The maximum absolute atomic E-state index is 12.1. The maximum atomic E-state index is 12.1. The molecule has 1 N–H and O–H groups in total. The van der Waals surface area contributed by atoms with Crippen LogP contribution in [0.4, 0.5) is 5.69 Å². The summed E-state index contributed by atoms with van der Waals surface area (Å²) < 4.78 is 1.23. The first kappa shape index (κ1) is 16.6. The Labute approximate surface area is 125 Å². The van der Waals surface area contributed by atoms with E-state index in [0.29, 0.717) is 10.7 Å². The molecule has 0 amide bonds. The average molecular weight is 296 g/mol. The Bertz CT molecular complexity index is 519. The van der Waals surface area contributed by atoms with E-state index >= 15 is 0 Å². The molecule has 0 saturated heterocycles. The predicted octanol–water partition coefficient (Wildman–Crippen LogP) is 3.30. The van der Waals surface area contributed by atoms with Crippen molar-refractivity contribution in [1.29, 1.82) is 0 Å². The van der Waals surface area contributed by atoms with Gasteiger partial charge in [0, 0.05) is 6.04 Å². The van der Waals surface area contributed by atoms with Crippen molar-refractivity contribution in [3.63, 3.8) is 0 Å². The number of aromatic nitrogens is 2. The summed E-state index contributed by atoms with van der Waals surface area (Å²) >= 11 is 6.04. The van der Waals surface area contributed by atoms with E-state index in [1.807, 2.05) is 6.92 Å². The summed E-state index contributed by atoms with van der Waals surface area (Å²) in [5, 5.41) is 7.43. The molecule has 1 heterocycles. The van der Waals surface area contributed by atoms with Crippen LogP contribution in [0.2, 0.25) is 5.02 Å². The summed E-state index contributed by atoms with van der Waals surface area (Å²) in [5.74, 6) is 2.40. The summed E-state index contributed by atoms with van der Waals surface area (Å²) in [5.41, 5.74) is 0.121. The van der Waals surface area contributed by atoms with E-state index in [2.05, 4.69) is 23.3 Å². The first-order valence-electron chi connectivity index (χ1n) is 7.05. The van der Waals surface area contributed by atoms with Gasteiger partial charge in [-0.25, -0.2) is 4.68 Å². The molecule has 1 unspecified atom stereocenters. The lowest BCUT2D eigenvalue weighted by atomic mass is 10.1. The van der Waals surface area contributed by atoms with Gasteiger partial charge in [0.2, 0.25) is 0 Å². The second-order valence-corrected chi connectivity index (χ2v) is 5.34. The third-order valence-electron chi connectivity index (χ3n) is 3.12. The number of nitrogens with one attached hydrogen (secondary N) is 1. The Morgan fingerprint density at radius 3 is 2.90 bits per heavy atom. The van der Waals surface area contributed by atoms with Crippen molar-refractivity contribution >= 4 is 17.3 Å². The number of terminal acetylenes is 1. The minimum atomic E-state index is -0.268. The zero-order chi connectivity index (χ0) is 15.0. The summed E-state index contributed by atoms with van der Waals surface area (Å²) in [6.07, 6.45) is 12.5. The van der Waals surface area contributed by atoms with Crippen molar-refractivity contribution in [2.45, 2.75) is 58.5 Å². The number of unbranched alkanes of at least 4 members (excludes halogenated alkanes) is 3. The smallest absolute Gasteiger partial charge is 0.292 e. The monoisotopic (exact) mass is 295 g/mol. The zero-order valence-corrected chi connectivity index (χ0v) is 12.9. The quantitative estimate of drug-likeness (QED) is 0.591. The standard InChI is InChI=1S/C15H22ClN3O/c1-4-6-7-8-9-12(3)18-14-13(16)11-17-19(10-5-2)15(14)20/h2,11-12,18H,4,6-10H2,1,3H3. The highest BCUT2D eigenvalue weighted by molar-refractivity contribution is 6.33. The van der Waals surface area contributed by atoms with E-state index < -0.39 is 0 Å². The van der Waals surface area contributed by atoms with Gasteiger partial charge in [0.15, 0.2) is 0 Å². The van der Waals surface area contributed by atoms with Gasteiger partial charge in [-0.15, -0.1) is 6.42 Å². The van der Waals surface area contributed by atoms with E-state index in [-0.39, 0.29) is 18.1 Å². The second kappa shape index (κ2) is 8.65. The van der Waals surface area contributed by atoms with Gasteiger partial charge in [-0.05, 0) is 13.3 Å². The van der Waals surface area contributed by atoms with Gasteiger partial charge >= 0.3 is 0 Å². The molecular weight excluding hydrogens is 274 g/mol. The molecule has 4 nitrogen and oxygen atoms in total. The molecule has 0 spiro atoms. The van der Waals surface area contributed by atoms with Crippen LogP contribution < -0.4 is 10.9 Å². The molecule has 0 radical (unpaired) electrons. The van der Waals surface area contributed by atoms with Gasteiger partial charge in [0.25, 0.3) is 5.56 Å². The van der Waals surface area contributed by atoms with E-state index in [1.54, 1.807) is 0 Å². The van der Waals surface area contributed by atoms with Crippen LogP contribution in [0.1, 0.15) is 46.0 Å². The Kier molecular flexibility index (Phi) is 7.17. The lowest BCUT2D eigenvalue weighted by Gasteiger charge is -2.16. The molecule has 0 fully saturated rings. The normalized spacial score (nSPS) is 11.9. The fraction of sp³-hybridized carbons (Fsp3) is 0.600. The Balaban J connectivity index is 2.69. The molecule has 1 atom stereocenters. The first-order valence-corrected chi connectivity index (χ1v) is 7.43. The van der Waals surface area contributed by atoms with Gasteiger partial charge in [-0.1, -0.05) is 50.1 Å². The van der Waals surface area contributed by atoms with Crippen LogP contribution in [0.25, 0.3) is 0 Å². The molecule has 0 aliphatic carbocycles. The Morgan fingerprint density at radius 1 is 1.50 bits per heavy atom. The number of rotatable bonds is 8. The largest absolute Gasteiger partial charge is 0.377 e. The van der Waals surface area contributed by atoms with Crippen molar-refractivity contribution in [2.24, 2.45) is 0 Å². The lowest BCUT2D eigenvalue weighted by Crippen LogP contribution is -2.28. The summed E-state index contributed by atoms with van der Waals surface area (Å²) in [6, 6.07) is 0.193. The molecule has 0 aromatic carbocycles. The number of nitrogens with zero attached hydrogens (tertiary/aromatic N) is 2. The maximum Gasteiger partial charge on any atom is 0.292 e. The van der Waals surface area contributed by atoms with E-state index in [4.69, 9.17) is 18.0 Å². The van der Waals surface area contributed by atoms with Gasteiger partial charge < -0.3 is 5.32 Å². The molecular formula is C15H22ClN3O. The van der Waals surface area contributed by atoms with E-state index in [9.17, 15) is 4.79 Å². The van der Waals surface area contributed by atoms with Gasteiger partial charge in [0.1, 0.15) is 12.2 Å². The number of anilines is 1. The van der Waals surface area contributed by atoms with Gasteiger partial charge in [-0.2, -0.15) is 5.10 Å². The highest BCUT2D eigenvalue weighted by atomic mass is 35.5. The lowest BCUT2D eigenvalue weighted by molar-refractivity contribution is 0.591. The molecule has 1 aromatic rings. The molecule has 20 heavy (non-hydrogen) atoms. The summed E-state index contributed by atoms with van der Waals surface area (Å²) in [6.45, 7) is 4.38. The van der Waals surface area contributed by atoms with Gasteiger partial charge in [0.05, 0.1) is 11.2 Å². The highest BCUT2D eigenvalue weighted by Crippen LogP contribution is 2.17. The van der Waals surface area contributed by atoms with Crippen LogP contribution in [-0.2, 0) is 6.54 Å². The topological polar surface area (TPSA) is 46.9 Å². The summed E-state index contributed by atoms with van der Waals surface area (Å²) in [7, 11) is 0. The van der Waals surface area contributed by atoms with Crippen LogP contribution in [0.5, 0.6) is 0 Å².